The summed E-state index contributed by atoms with van der Waals surface area (Å²) >= 11 is 5.87. The van der Waals surface area contributed by atoms with Crippen LogP contribution < -0.4 is 10.5 Å². The van der Waals surface area contributed by atoms with Gasteiger partial charge in [-0.1, -0.05) is 11.6 Å². The van der Waals surface area contributed by atoms with Crippen LogP contribution in [0.5, 0.6) is 11.8 Å². The molecule has 0 atom stereocenters. The number of benzene rings is 1. The van der Waals surface area contributed by atoms with E-state index in [-0.39, 0.29) is 0 Å². The fourth-order valence-electron chi connectivity index (χ4n) is 1.15. The standard InChI is InChI=1S/C11H10ClN3O/c1-7-4-5-14-11(15-7)16-8-2-3-10(13)9(12)6-8/h2-6H,13H2,1H3. The van der Waals surface area contributed by atoms with E-state index in [1.165, 1.54) is 0 Å². The molecule has 16 heavy (non-hydrogen) atoms. The number of rotatable bonds is 2. The van der Waals surface area contributed by atoms with Gasteiger partial charge in [-0.15, -0.1) is 0 Å². The number of hydrogen-bond acceptors (Lipinski definition) is 4. The predicted molar refractivity (Wildman–Crippen MR) is 62.7 cm³/mol. The maximum Gasteiger partial charge on any atom is 0.322 e. The second kappa shape index (κ2) is 4.37. The van der Waals surface area contributed by atoms with Crippen molar-refractivity contribution in [1.29, 1.82) is 0 Å². The third-order valence-corrected chi connectivity index (χ3v) is 2.28. The van der Waals surface area contributed by atoms with Crippen LogP contribution in [0.1, 0.15) is 5.69 Å². The Hall–Kier alpha value is -1.81. The Morgan fingerprint density at radius 3 is 2.81 bits per heavy atom. The smallest absolute Gasteiger partial charge is 0.322 e. The molecule has 0 unspecified atom stereocenters. The maximum atomic E-state index is 5.87. The summed E-state index contributed by atoms with van der Waals surface area (Å²) in [6.45, 7) is 1.87. The second-order valence-corrected chi connectivity index (χ2v) is 3.67. The first kappa shape index (κ1) is 10.7. The number of nitrogen functional groups attached to an aromatic ring is 1. The first-order valence-electron chi connectivity index (χ1n) is 4.67. The van der Waals surface area contributed by atoms with Crippen molar-refractivity contribution in [3.05, 3.63) is 41.2 Å². The number of halogens is 1. The van der Waals surface area contributed by atoms with Crippen LogP contribution >= 0.6 is 11.6 Å². The Kier molecular flexibility index (Phi) is 2.92. The molecule has 0 aliphatic carbocycles. The van der Waals surface area contributed by atoms with E-state index in [9.17, 15) is 0 Å². The van der Waals surface area contributed by atoms with Gasteiger partial charge < -0.3 is 10.5 Å². The van der Waals surface area contributed by atoms with Crippen LogP contribution in [0.4, 0.5) is 5.69 Å². The average molecular weight is 236 g/mol. The molecule has 4 nitrogen and oxygen atoms in total. The number of anilines is 1. The van der Waals surface area contributed by atoms with Crippen LogP contribution in [0.25, 0.3) is 0 Å². The van der Waals surface area contributed by atoms with Gasteiger partial charge in [0.2, 0.25) is 0 Å². The molecule has 0 bridgehead atoms. The minimum absolute atomic E-state index is 0.292. The lowest BCUT2D eigenvalue weighted by Gasteiger charge is -2.05. The van der Waals surface area contributed by atoms with Crippen molar-refractivity contribution < 1.29 is 4.74 Å². The Morgan fingerprint density at radius 2 is 2.12 bits per heavy atom. The molecule has 82 valence electrons. The monoisotopic (exact) mass is 235 g/mol. The van der Waals surface area contributed by atoms with E-state index < -0.39 is 0 Å². The van der Waals surface area contributed by atoms with Crippen molar-refractivity contribution in [2.45, 2.75) is 6.92 Å². The molecule has 0 aliphatic rings. The second-order valence-electron chi connectivity index (χ2n) is 3.27. The van der Waals surface area contributed by atoms with Gasteiger partial charge in [-0.05, 0) is 25.1 Å². The number of aromatic nitrogens is 2. The quantitative estimate of drug-likeness (QED) is 0.813. The molecule has 2 aromatic rings. The molecule has 1 heterocycles. The molecule has 2 N–H and O–H groups in total. The lowest BCUT2D eigenvalue weighted by molar-refractivity contribution is 0.440. The van der Waals surface area contributed by atoms with Crippen LogP contribution in [0.2, 0.25) is 5.02 Å². The first-order chi connectivity index (χ1) is 7.65. The normalized spacial score (nSPS) is 10.1. The van der Waals surface area contributed by atoms with E-state index >= 15 is 0 Å². The molecular weight excluding hydrogens is 226 g/mol. The molecule has 0 radical (unpaired) electrons. The van der Waals surface area contributed by atoms with Gasteiger partial charge in [-0.2, -0.15) is 0 Å². The van der Waals surface area contributed by atoms with E-state index in [0.717, 1.165) is 5.69 Å². The third-order valence-electron chi connectivity index (χ3n) is 1.95. The largest absolute Gasteiger partial charge is 0.424 e. The summed E-state index contributed by atoms with van der Waals surface area (Å²) in [6, 6.07) is 7.10. The fraction of sp³-hybridized carbons (Fsp3) is 0.0909. The highest BCUT2D eigenvalue weighted by atomic mass is 35.5. The van der Waals surface area contributed by atoms with E-state index in [1.54, 1.807) is 30.5 Å². The van der Waals surface area contributed by atoms with E-state index in [2.05, 4.69) is 9.97 Å². The number of nitrogens with zero attached hydrogens (tertiary/aromatic N) is 2. The van der Waals surface area contributed by atoms with Crippen molar-refractivity contribution in [3.8, 4) is 11.8 Å². The lowest BCUT2D eigenvalue weighted by atomic mass is 10.3. The van der Waals surface area contributed by atoms with Gasteiger partial charge >= 0.3 is 6.01 Å². The van der Waals surface area contributed by atoms with Gasteiger partial charge in [0.15, 0.2) is 0 Å². The molecular formula is C11H10ClN3O. The van der Waals surface area contributed by atoms with Gasteiger partial charge in [-0.3, -0.25) is 0 Å². The van der Waals surface area contributed by atoms with Gasteiger partial charge in [-0.25, -0.2) is 9.97 Å². The van der Waals surface area contributed by atoms with Crippen molar-refractivity contribution in [3.63, 3.8) is 0 Å². The molecule has 0 aliphatic heterocycles. The summed E-state index contributed by atoms with van der Waals surface area (Å²) in [6.07, 6.45) is 1.64. The maximum absolute atomic E-state index is 5.87. The van der Waals surface area contributed by atoms with Crippen LogP contribution in [-0.2, 0) is 0 Å². The zero-order valence-corrected chi connectivity index (χ0v) is 9.40. The molecule has 0 spiro atoms. The molecule has 0 saturated carbocycles. The van der Waals surface area contributed by atoms with E-state index in [4.69, 9.17) is 22.1 Å². The lowest BCUT2D eigenvalue weighted by Crippen LogP contribution is -1.93. The number of hydrogen-bond donors (Lipinski definition) is 1. The zero-order chi connectivity index (χ0) is 11.5. The minimum atomic E-state index is 0.292. The molecule has 0 amide bonds. The Bertz CT molecular complexity index is 516. The van der Waals surface area contributed by atoms with Crippen LogP contribution in [0.3, 0.4) is 0 Å². The summed E-state index contributed by atoms with van der Waals surface area (Å²) in [5.41, 5.74) is 6.94. The molecule has 1 aromatic heterocycles. The summed E-state index contributed by atoms with van der Waals surface area (Å²) in [5, 5.41) is 0.449. The SMILES string of the molecule is Cc1ccnc(Oc2ccc(N)c(Cl)c2)n1. The van der Waals surface area contributed by atoms with Crippen LogP contribution in [0.15, 0.2) is 30.5 Å². The average Bonchev–Trinajstić information content (AvgIpc) is 2.24. The Morgan fingerprint density at radius 1 is 1.31 bits per heavy atom. The van der Waals surface area contributed by atoms with E-state index in [0.29, 0.717) is 22.5 Å². The third kappa shape index (κ3) is 2.41. The summed E-state index contributed by atoms with van der Waals surface area (Å²) in [5.74, 6) is 0.560. The summed E-state index contributed by atoms with van der Waals surface area (Å²) in [7, 11) is 0. The van der Waals surface area contributed by atoms with Gasteiger partial charge in [0.05, 0.1) is 10.7 Å². The van der Waals surface area contributed by atoms with Crippen molar-refractivity contribution in [1.82, 2.24) is 9.97 Å². The minimum Gasteiger partial charge on any atom is -0.424 e. The van der Waals surface area contributed by atoms with Crippen LogP contribution in [0, 0.1) is 6.92 Å². The van der Waals surface area contributed by atoms with Gasteiger partial charge in [0.25, 0.3) is 0 Å². The summed E-state index contributed by atoms with van der Waals surface area (Å²) in [4.78, 5) is 8.09. The van der Waals surface area contributed by atoms with Crippen molar-refractivity contribution >= 4 is 17.3 Å². The molecule has 1 aromatic carbocycles. The highest BCUT2D eigenvalue weighted by Crippen LogP contribution is 2.26. The molecule has 2 rings (SSSR count). The Balaban J connectivity index is 2.24. The number of nitrogens with two attached hydrogens (primary N) is 1. The van der Waals surface area contributed by atoms with E-state index in [1.807, 2.05) is 6.92 Å². The fourth-order valence-corrected chi connectivity index (χ4v) is 1.32. The van der Waals surface area contributed by atoms with Gasteiger partial charge in [0, 0.05) is 18.0 Å². The molecule has 0 fully saturated rings. The Labute approximate surface area is 98.0 Å². The number of aryl methyl sites for hydroxylation is 1. The first-order valence-corrected chi connectivity index (χ1v) is 5.05. The van der Waals surface area contributed by atoms with Crippen LogP contribution in [-0.4, -0.2) is 9.97 Å². The zero-order valence-electron chi connectivity index (χ0n) is 8.64. The van der Waals surface area contributed by atoms with Crippen molar-refractivity contribution in [2.75, 3.05) is 5.73 Å². The highest BCUT2D eigenvalue weighted by Gasteiger charge is 2.03. The molecule has 0 saturated heterocycles. The van der Waals surface area contributed by atoms with Crippen molar-refractivity contribution in [2.24, 2.45) is 0 Å². The van der Waals surface area contributed by atoms with Gasteiger partial charge in [0.1, 0.15) is 5.75 Å². The molecule has 5 heteroatoms. The summed E-state index contributed by atoms with van der Waals surface area (Å²) < 4.78 is 5.43. The predicted octanol–water partition coefficient (Wildman–Crippen LogP) is 2.81. The topological polar surface area (TPSA) is 61.0 Å². The number of ether oxygens (including phenoxy) is 1. The highest BCUT2D eigenvalue weighted by molar-refractivity contribution is 6.33.